The van der Waals surface area contributed by atoms with E-state index in [1.807, 2.05) is 12.1 Å². The van der Waals surface area contributed by atoms with Gasteiger partial charge in [-0.2, -0.15) is 0 Å². The van der Waals surface area contributed by atoms with Gasteiger partial charge < -0.3 is 0 Å². The van der Waals surface area contributed by atoms with E-state index < -0.39 is 0 Å². The summed E-state index contributed by atoms with van der Waals surface area (Å²) >= 11 is 5.42. The molecule has 2 rings (SSSR count). The Morgan fingerprint density at radius 1 is 1.22 bits per heavy atom. The largest absolute Gasteiger partial charge is 0.294 e. The lowest BCUT2D eigenvalue weighted by Gasteiger charge is -2.04. The molecule has 4 heteroatoms. The number of carbonyl (C=O) groups is 1. The van der Waals surface area contributed by atoms with Gasteiger partial charge in [0.25, 0.3) is 0 Å². The van der Waals surface area contributed by atoms with E-state index in [0.717, 1.165) is 8.04 Å². The normalized spacial score (nSPS) is 10.4. The lowest BCUT2D eigenvalue weighted by atomic mass is 10.0. The van der Waals surface area contributed by atoms with Gasteiger partial charge in [-0.3, -0.25) is 4.79 Å². The van der Waals surface area contributed by atoms with Crippen molar-refractivity contribution >= 4 is 44.3 Å². The molecule has 0 spiro atoms. The number of halogens is 3. The van der Waals surface area contributed by atoms with Crippen LogP contribution in [0, 0.1) is 9.39 Å². The summed E-state index contributed by atoms with van der Waals surface area (Å²) in [4.78, 5) is 12.0. The van der Waals surface area contributed by atoms with Crippen LogP contribution in [-0.2, 0) is 6.42 Å². The summed E-state index contributed by atoms with van der Waals surface area (Å²) in [5.74, 6) is -0.428. The Bertz CT molecular complexity index is 598. The van der Waals surface area contributed by atoms with Gasteiger partial charge in [-0.25, -0.2) is 4.39 Å². The van der Waals surface area contributed by atoms with Crippen molar-refractivity contribution in [1.29, 1.82) is 0 Å². The fourth-order valence-electron chi connectivity index (χ4n) is 1.62. The molecule has 0 radical (unpaired) electrons. The van der Waals surface area contributed by atoms with Crippen LogP contribution in [-0.4, -0.2) is 5.78 Å². The van der Waals surface area contributed by atoms with Crippen LogP contribution in [0.4, 0.5) is 4.39 Å². The van der Waals surface area contributed by atoms with Gasteiger partial charge in [0.05, 0.1) is 0 Å². The minimum absolute atomic E-state index is 0.0748. The molecule has 1 nitrogen and oxygen atoms in total. The van der Waals surface area contributed by atoms with Gasteiger partial charge in [0, 0.05) is 20.0 Å². The summed E-state index contributed by atoms with van der Waals surface area (Å²) < 4.78 is 15.3. The number of Topliss-reactive ketones (excluding diaryl/α,β-unsaturated/α-hetero) is 1. The molecule has 2 aromatic rings. The lowest BCUT2D eigenvalue weighted by molar-refractivity contribution is 0.0991. The van der Waals surface area contributed by atoms with Crippen LogP contribution in [0.5, 0.6) is 0 Å². The zero-order valence-electron chi connectivity index (χ0n) is 9.29. The maximum Gasteiger partial charge on any atom is 0.167 e. The Labute approximate surface area is 127 Å². The van der Waals surface area contributed by atoms with Crippen molar-refractivity contribution in [2.75, 3.05) is 0 Å². The van der Waals surface area contributed by atoms with Crippen LogP contribution in [0.1, 0.15) is 15.9 Å². The number of benzene rings is 2. The first-order chi connectivity index (χ1) is 8.56. The van der Waals surface area contributed by atoms with Crippen molar-refractivity contribution in [1.82, 2.24) is 0 Å². The topological polar surface area (TPSA) is 17.1 Å². The molecular formula is C14H9BrFIO. The molecule has 0 saturated heterocycles. The quantitative estimate of drug-likeness (QED) is 0.525. The van der Waals surface area contributed by atoms with Gasteiger partial charge in [0.1, 0.15) is 5.82 Å². The van der Waals surface area contributed by atoms with Crippen molar-refractivity contribution < 1.29 is 9.18 Å². The summed E-state index contributed by atoms with van der Waals surface area (Å²) in [5.41, 5.74) is 1.02. The molecule has 0 bridgehead atoms. The Balaban J connectivity index is 2.24. The second kappa shape index (κ2) is 5.93. The van der Waals surface area contributed by atoms with Gasteiger partial charge in [0.2, 0.25) is 0 Å². The summed E-state index contributed by atoms with van der Waals surface area (Å²) in [6.45, 7) is 0. The number of hydrogen-bond donors (Lipinski definition) is 0. The number of carbonyl (C=O) groups excluding carboxylic acids is 1. The molecule has 2 aromatic carbocycles. The zero-order valence-corrected chi connectivity index (χ0v) is 13.0. The van der Waals surface area contributed by atoms with Crippen molar-refractivity contribution in [2.24, 2.45) is 0 Å². The van der Waals surface area contributed by atoms with Crippen LogP contribution >= 0.6 is 38.5 Å². The van der Waals surface area contributed by atoms with Crippen molar-refractivity contribution in [3.63, 3.8) is 0 Å². The minimum Gasteiger partial charge on any atom is -0.294 e. The first-order valence-corrected chi connectivity index (χ1v) is 7.16. The Morgan fingerprint density at radius 2 is 2.00 bits per heavy atom. The molecule has 0 heterocycles. The number of hydrogen-bond acceptors (Lipinski definition) is 1. The fraction of sp³-hybridized carbons (Fsp3) is 0.0714. The van der Waals surface area contributed by atoms with Gasteiger partial charge >= 0.3 is 0 Å². The highest BCUT2D eigenvalue weighted by Gasteiger charge is 2.11. The monoisotopic (exact) mass is 418 g/mol. The molecule has 0 atom stereocenters. The third-order valence-corrected chi connectivity index (χ3v) is 3.67. The van der Waals surface area contributed by atoms with Gasteiger partial charge in [-0.1, -0.05) is 28.1 Å². The van der Waals surface area contributed by atoms with E-state index in [-0.39, 0.29) is 18.0 Å². The van der Waals surface area contributed by atoms with Crippen LogP contribution in [0.3, 0.4) is 0 Å². The Hall–Kier alpha value is -0.750. The van der Waals surface area contributed by atoms with Crippen LogP contribution in [0.15, 0.2) is 46.9 Å². The predicted molar refractivity (Wildman–Crippen MR) is 81.3 cm³/mol. The Morgan fingerprint density at radius 3 is 2.72 bits per heavy atom. The first kappa shape index (κ1) is 13.7. The van der Waals surface area contributed by atoms with Crippen molar-refractivity contribution in [3.8, 4) is 0 Å². The maximum absolute atomic E-state index is 13.6. The summed E-state index contributed by atoms with van der Waals surface area (Å²) in [6, 6.07) is 11.9. The average molecular weight is 419 g/mol. The average Bonchev–Trinajstić information content (AvgIpc) is 2.34. The van der Waals surface area contributed by atoms with E-state index in [1.165, 1.54) is 6.07 Å². The minimum atomic E-state index is -0.350. The standard InChI is InChI=1S/C14H9BrFIO/c15-11-4-5-13(16)10(6-11)8-14(18)9-2-1-3-12(17)7-9/h1-7H,8H2. The van der Waals surface area contributed by atoms with E-state index in [9.17, 15) is 9.18 Å². The molecule has 0 aliphatic rings. The second-order valence-corrected chi connectivity index (χ2v) is 6.01. The summed E-state index contributed by atoms with van der Waals surface area (Å²) in [6.07, 6.45) is 0.0748. The molecule has 0 aliphatic carbocycles. The highest BCUT2D eigenvalue weighted by atomic mass is 127. The SMILES string of the molecule is O=C(Cc1cc(Br)ccc1F)c1cccc(I)c1. The molecule has 0 amide bonds. The van der Waals surface area contributed by atoms with Crippen LogP contribution < -0.4 is 0 Å². The molecule has 18 heavy (non-hydrogen) atoms. The third-order valence-electron chi connectivity index (χ3n) is 2.51. The molecule has 0 N–H and O–H groups in total. The lowest BCUT2D eigenvalue weighted by Crippen LogP contribution is -2.05. The smallest absolute Gasteiger partial charge is 0.167 e. The van der Waals surface area contributed by atoms with Gasteiger partial charge in [0.15, 0.2) is 5.78 Å². The summed E-state index contributed by atoms with van der Waals surface area (Å²) in [5, 5.41) is 0. The van der Waals surface area contributed by atoms with Gasteiger partial charge in [-0.05, 0) is 58.5 Å². The van der Waals surface area contributed by atoms with E-state index in [2.05, 4.69) is 38.5 Å². The predicted octanol–water partition coefficient (Wildman–Crippen LogP) is 4.62. The maximum atomic E-state index is 13.6. The Kier molecular flexibility index (Phi) is 4.50. The van der Waals surface area contributed by atoms with E-state index in [4.69, 9.17) is 0 Å². The molecule has 0 fully saturated rings. The fourth-order valence-corrected chi connectivity index (χ4v) is 2.57. The number of ketones is 1. The molecule has 0 aromatic heterocycles. The highest BCUT2D eigenvalue weighted by molar-refractivity contribution is 14.1. The number of rotatable bonds is 3. The van der Waals surface area contributed by atoms with Gasteiger partial charge in [-0.15, -0.1) is 0 Å². The highest BCUT2D eigenvalue weighted by Crippen LogP contribution is 2.18. The molecule has 92 valence electrons. The zero-order chi connectivity index (χ0) is 13.1. The van der Waals surface area contributed by atoms with Crippen molar-refractivity contribution in [2.45, 2.75) is 6.42 Å². The molecular weight excluding hydrogens is 410 g/mol. The summed E-state index contributed by atoms with van der Waals surface area (Å²) in [7, 11) is 0. The van der Waals surface area contributed by atoms with Crippen molar-refractivity contribution in [3.05, 3.63) is 67.5 Å². The third kappa shape index (κ3) is 3.38. The van der Waals surface area contributed by atoms with Crippen LogP contribution in [0.25, 0.3) is 0 Å². The first-order valence-electron chi connectivity index (χ1n) is 5.29. The van der Waals surface area contributed by atoms with E-state index >= 15 is 0 Å². The molecule has 0 aliphatic heterocycles. The second-order valence-electron chi connectivity index (χ2n) is 3.85. The van der Waals surface area contributed by atoms with E-state index in [0.29, 0.717) is 11.1 Å². The van der Waals surface area contributed by atoms with E-state index in [1.54, 1.807) is 24.3 Å². The van der Waals surface area contributed by atoms with Crippen LogP contribution in [0.2, 0.25) is 0 Å². The molecule has 0 unspecified atom stereocenters. The molecule has 0 saturated carbocycles.